The van der Waals surface area contributed by atoms with Crippen LogP contribution in [0.2, 0.25) is 0 Å². The molecule has 0 aliphatic heterocycles. The summed E-state index contributed by atoms with van der Waals surface area (Å²) in [5, 5.41) is 6.92. The maximum atomic E-state index is 12.5. The lowest BCUT2D eigenvalue weighted by Crippen LogP contribution is -2.21. The minimum Gasteiger partial charge on any atom is -0.497 e. The molecule has 3 rings (SSSR count). The van der Waals surface area contributed by atoms with Crippen LogP contribution in [-0.2, 0) is 4.79 Å². The third-order valence-electron chi connectivity index (χ3n) is 5.05. The van der Waals surface area contributed by atoms with Gasteiger partial charge in [-0.05, 0) is 90.9 Å². The molecule has 3 aromatic rings. The molecule has 0 aromatic heterocycles. The first-order valence-electron chi connectivity index (χ1n) is 11.2. The largest absolute Gasteiger partial charge is 0.497 e. The number of hydrogen-bond donors (Lipinski definition) is 2. The highest BCUT2D eigenvalue weighted by atomic mass is 127. The predicted octanol–water partition coefficient (Wildman–Crippen LogP) is 5.10. The van der Waals surface area contributed by atoms with Crippen LogP contribution >= 0.6 is 22.6 Å². The zero-order valence-corrected chi connectivity index (χ0v) is 22.7. The number of ether oxygens (including phenoxy) is 3. The molecule has 0 bridgehead atoms. The lowest BCUT2D eigenvalue weighted by molar-refractivity contribution is -0.118. The number of hydrogen-bond acceptors (Lipinski definition) is 6. The van der Waals surface area contributed by atoms with Crippen LogP contribution in [-0.4, -0.2) is 38.4 Å². The number of carbonyl (C=O) groups is 2. The van der Waals surface area contributed by atoms with E-state index in [1.165, 1.54) is 13.3 Å². The standard InChI is InChI=1S/C27H28IN3O5/c1-5-35-24-13-19(15-29-31-27(33)20-7-6-8-21(14-20)34-4)12-22(28)26(24)36-16-25(32)30-23-10-9-17(2)11-18(23)3/h6-15H,5,16H2,1-4H3,(H,30,32)(H,31,33)/b29-15+. The molecule has 3 aromatic carbocycles. The van der Waals surface area contributed by atoms with Gasteiger partial charge >= 0.3 is 0 Å². The first-order chi connectivity index (χ1) is 17.3. The van der Waals surface area contributed by atoms with Crippen molar-refractivity contribution in [3.63, 3.8) is 0 Å². The number of rotatable bonds is 10. The van der Waals surface area contributed by atoms with Crippen molar-refractivity contribution in [1.82, 2.24) is 5.43 Å². The van der Waals surface area contributed by atoms with Crippen LogP contribution in [0.4, 0.5) is 5.69 Å². The van der Waals surface area contributed by atoms with Gasteiger partial charge in [0.25, 0.3) is 11.8 Å². The van der Waals surface area contributed by atoms with E-state index in [1.54, 1.807) is 30.3 Å². The van der Waals surface area contributed by atoms with Crippen molar-refractivity contribution in [1.29, 1.82) is 0 Å². The Morgan fingerprint density at radius 2 is 1.86 bits per heavy atom. The van der Waals surface area contributed by atoms with E-state index in [-0.39, 0.29) is 18.4 Å². The maximum Gasteiger partial charge on any atom is 0.271 e. The molecule has 0 aliphatic carbocycles. The molecule has 0 atom stereocenters. The van der Waals surface area contributed by atoms with E-state index in [1.807, 2.05) is 45.0 Å². The molecule has 0 radical (unpaired) electrons. The number of anilines is 1. The summed E-state index contributed by atoms with van der Waals surface area (Å²) in [6.45, 7) is 6.04. The molecule has 0 spiro atoms. The number of benzene rings is 3. The Morgan fingerprint density at radius 3 is 2.58 bits per heavy atom. The lowest BCUT2D eigenvalue weighted by atomic mass is 10.1. The number of halogens is 1. The van der Waals surface area contributed by atoms with Crippen molar-refractivity contribution in [2.45, 2.75) is 20.8 Å². The van der Waals surface area contributed by atoms with Crippen LogP contribution in [0.5, 0.6) is 17.2 Å². The molecule has 36 heavy (non-hydrogen) atoms. The number of carbonyl (C=O) groups excluding carboxylic acids is 2. The quantitative estimate of drug-likeness (QED) is 0.192. The van der Waals surface area contributed by atoms with Gasteiger partial charge < -0.3 is 19.5 Å². The zero-order chi connectivity index (χ0) is 26.1. The second kappa shape index (κ2) is 12.9. The molecule has 2 amide bonds. The summed E-state index contributed by atoms with van der Waals surface area (Å²) in [5.41, 5.74) is 6.48. The van der Waals surface area contributed by atoms with Gasteiger partial charge in [-0.1, -0.05) is 23.8 Å². The summed E-state index contributed by atoms with van der Waals surface area (Å²) in [6, 6.07) is 16.2. The second-order valence-corrected chi connectivity index (χ2v) is 9.01. The Labute approximate surface area is 224 Å². The number of methoxy groups -OCH3 is 1. The monoisotopic (exact) mass is 601 g/mol. The predicted molar refractivity (Wildman–Crippen MR) is 148 cm³/mol. The maximum absolute atomic E-state index is 12.5. The van der Waals surface area contributed by atoms with Crippen LogP contribution in [0.15, 0.2) is 59.7 Å². The molecule has 9 heteroatoms. The van der Waals surface area contributed by atoms with Gasteiger partial charge in [0.15, 0.2) is 18.1 Å². The van der Waals surface area contributed by atoms with Crippen LogP contribution in [0.3, 0.4) is 0 Å². The Morgan fingerprint density at radius 1 is 1.06 bits per heavy atom. The molecule has 0 saturated carbocycles. The van der Waals surface area contributed by atoms with Gasteiger partial charge in [0.1, 0.15) is 5.75 Å². The van der Waals surface area contributed by atoms with Crippen LogP contribution in [0, 0.1) is 17.4 Å². The number of nitrogens with one attached hydrogen (secondary N) is 2. The normalized spacial score (nSPS) is 10.7. The number of nitrogens with zero attached hydrogens (tertiary/aromatic N) is 1. The second-order valence-electron chi connectivity index (χ2n) is 7.85. The molecule has 2 N–H and O–H groups in total. The molecule has 0 heterocycles. The average molecular weight is 601 g/mol. The summed E-state index contributed by atoms with van der Waals surface area (Å²) in [4.78, 5) is 24.8. The van der Waals surface area contributed by atoms with Crippen molar-refractivity contribution in [2.75, 3.05) is 25.6 Å². The first kappa shape index (κ1) is 27.0. The Hall–Kier alpha value is -3.60. The summed E-state index contributed by atoms with van der Waals surface area (Å²) in [5.74, 6) is 0.890. The first-order valence-corrected chi connectivity index (χ1v) is 12.3. The van der Waals surface area contributed by atoms with Crippen molar-refractivity contribution in [3.05, 3.63) is 80.4 Å². The van der Waals surface area contributed by atoms with Crippen LogP contribution in [0.25, 0.3) is 0 Å². The minimum absolute atomic E-state index is 0.173. The fraction of sp³-hybridized carbons (Fsp3) is 0.222. The van der Waals surface area contributed by atoms with Gasteiger partial charge in [-0.15, -0.1) is 0 Å². The highest BCUT2D eigenvalue weighted by molar-refractivity contribution is 14.1. The van der Waals surface area contributed by atoms with E-state index in [9.17, 15) is 9.59 Å². The van der Waals surface area contributed by atoms with E-state index in [4.69, 9.17) is 14.2 Å². The topological polar surface area (TPSA) is 98.2 Å². The van der Waals surface area contributed by atoms with E-state index in [2.05, 4.69) is 38.4 Å². The Bertz CT molecular complexity index is 1280. The highest BCUT2D eigenvalue weighted by Crippen LogP contribution is 2.34. The molecule has 0 fully saturated rings. The molecule has 0 unspecified atom stereocenters. The molecular weight excluding hydrogens is 573 g/mol. The average Bonchev–Trinajstić information content (AvgIpc) is 2.85. The van der Waals surface area contributed by atoms with Gasteiger partial charge in [-0.2, -0.15) is 5.10 Å². The fourth-order valence-corrected chi connectivity index (χ4v) is 4.12. The number of amides is 2. The SMILES string of the molecule is CCOc1cc(/C=N/NC(=O)c2cccc(OC)c2)cc(I)c1OCC(=O)Nc1ccc(C)cc1C. The number of hydrazone groups is 1. The van der Waals surface area contributed by atoms with Crippen LogP contribution in [0.1, 0.15) is 34.0 Å². The van der Waals surface area contributed by atoms with E-state index < -0.39 is 0 Å². The Balaban J connectivity index is 1.67. The Kier molecular flexibility index (Phi) is 9.69. The molecule has 8 nitrogen and oxygen atoms in total. The molecular formula is C27H28IN3O5. The van der Waals surface area contributed by atoms with Crippen LogP contribution < -0.4 is 25.0 Å². The van der Waals surface area contributed by atoms with Gasteiger partial charge in [0, 0.05) is 11.3 Å². The summed E-state index contributed by atoms with van der Waals surface area (Å²) < 4.78 is 17.4. The van der Waals surface area contributed by atoms with Crippen molar-refractivity contribution < 1.29 is 23.8 Å². The molecule has 0 aliphatic rings. The van der Waals surface area contributed by atoms with Crippen molar-refractivity contribution in [3.8, 4) is 17.2 Å². The summed E-state index contributed by atoms with van der Waals surface area (Å²) in [6.07, 6.45) is 1.51. The zero-order valence-electron chi connectivity index (χ0n) is 20.6. The smallest absolute Gasteiger partial charge is 0.271 e. The summed E-state index contributed by atoms with van der Waals surface area (Å²) in [7, 11) is 1.54. The van der Waals surface area contributed by atoms with Gasteiger partial charge in [-0.25, -0.2) is 5.43 Å². The minimum atomic E-state index is -0.361. The van der Waals surface area contributed by atoms with Crippen molar-refractivity contribution >= 4 is 46.3 Å². The highest BCUT2D eigenvalue weighted by Gasteiger charge is 2.14. The van der Waals surface area contributed by atoms with E-state index >= 15 is 0 Å². The van der Waals surface area contributed by atoms with Gasteiger partial charge in [0.05, 0.1) is 23.5 Å². The summed E-state index contributed by atoms with van der Waals surface area (Å²) >= 11 is 2.11. The van der Waals surface area contributed by atoms with Gasteiger partial charge in [0.2, 0.25) is 0 Å². The third kappa shape index (κ3) is 7.45. The molecule has 188 valence electrons. The fourth-order valence-electron chi connectivity index (χ4n) is 3.34. The molecule has 0 saturated heterocycles. The van der Waals surface area contributed by atoms with E-state index in [0.29, 0.717) is 35.0 Å². The lowest BCUT2D eigenvalue weighted by Gasteiger charge is -2.15. The number of aryl methyl sites for hydroxylation is 2. The van der Waals surface area contributed by atoms with E-state index in [0.717, 1.165) is 20.4 Å². The third-order valence-corrected chi connectivity index (χ3v) is 5.85. The van der Waals surface area contributed by atoms with Crippen molar-refractivity contribution in [2.24, 2.45) is 5.10 Å². The van der Waals surface area contributed by atoms with Gasteiger partial charge in [-0.3, -0.25) is 9.59 Å².